The number of carbonyl (C=O) groups excluding carboxylic acids is 1. The third-order valence-electron chi connectivity index (χ3n) is 3.25. The zero-order chi connectivity index (χ0) is 13.1. The normalized spacial score (nSPS) is 19.1. The summed E-state index contributed by atoms with van der Waals surface area (Å²) in [4.78, 5) is 13.9. The molecule has 1 fully saturated rings. The van der Waals surface area contributed by atoms with E-state index in [1.807, 2.05) is 0 Å². The van der Waals surface area contributed by atoms with Crippen molar-refractivity contribution in [1.82, 2.24) is 4.90 Å². The number of likely N-dealkylation sites (tertiary alicyclic amines) is 1. The molecule has 1 aliphatic rings. The fourth-order valence-electron chi connectivity index (χ4n) is 2.25. The summed E-state index contributed by atoms with van der Waals surface area (Å²) in [5.74, 6) is -0.625. The molecule has 0 aliphatic carbocycles. The van der Waals surface area contributed by atoms with Gasteiger partial charge < -0.3 is 14.7 Å². The van der Waals surface area contributed by atoms with Crippen molar-refractivity contribution in [3.8, 4) is 5.75 Å². The monoisotopic (exact) mass is 253 g/mol. The number of halogens is 1. The van der Waals surface area contributed by atoms with Gasteiger partial charge in [-0.05, 0) is 31.0 Å². The Hall–Kier alpha value is -1.62. The van der Waals surface area contributed by atoms with Crippen LogP contribution in [-0.2, 0) is 0 Å². The molecule has 0 unspecified atom stereocenters. The highest BCUT2D eigenvalue weighted by atomic mass is 19.1. The highest BCUT2D eigenvalue weighted by Gasteiger charge is 2.29. The zero-order valence-electron chi connectivity index (χ0n) is 10.2. The Balaban J connectivity index is 2.23. The SMILES string of the molecule is COc1cc(C(=O)N2CCC[C@H]2CO)ccc1F. The predicted molar refractivity (Wildman–Crippen MR) is 64.1 cm³/mol. The molecular weight excluding hydrogens is 237 g/mol. The van der Waals surface area contributed by atoms with Crippen molar-refractivity contribution < 1.29 is 19.0 Å². The lowest BCUT2D eigenvalue weighted by Crippen LogP contribution is -2.37. The zero-order valence-corrected chi connectivity index (χ0v) is 10.2. The third-order valence-corrected chi connectivity index (χ3v) is 3.25. The van der Waals surface area contributed by atoms with Crippen LogP contribution in [0.25, 0.3) is 0 Å². The minimum atomic E-state index is -0.491. The molecule has 1 saturated heterocycles. The number of hydrogen-bond acceptors (Lipinski definition) is 3. The van der Waals surface area contributed by atoms with Crippen molar-refractivity contribution in [2.75, 3.05) is 20.3 Å². The Bertz CT molecular complexity index is 450. The molecule has 0 saturated carbocycles. The van der Waals surface area contributed by atoms with Gasteiger partial charge in [-0.3, -0.25) is 4.79 Å². The number of aliphatic hydroxyl groups excluding tert-OH is 1. The summed E-state index contributed by atoms with van der Waals surface area (Å²) < 4.78 is 18.1. The lowest BCUT2D eigenvalue weighted by molar-refractivity contribution is 0.0677. The van der Waals surface area contributed by atoms with Gasteiger partial charge in [0.25, 0.3) is 5.91 Å². The van der Waals surface area contributed by atoms with E-state index in [2.05, 4.69) is 0 Å². The van der Waals surface area contributed by atoms with E-state index in [-0.39, 0.29) is 24.3 Å². The maximum Gasteiger partial charge on any atom is 0.254 e. The second-order valence-electron chi connectivity index (χ2n) is 4.33. The fraction of sp³-hybridized carbons (Fsp3) is 0.462. The number of ether oxygens (including phenoxy) is 1. The van der Waals surface area contributed by atoms with E-state index in [0.717, 1.165) is 12.8 Å². The molecule has 1 atom stereocenters. The number of methoxy groups -OCH3 is 1. The van der Waals surface area contributed by atoms with Crippen molar-refractivity contribution in [3.63, 3.8) is 0 Å². The summed E-state index contributed by atoms with van der Waals surface area (Å²) in [5, 5.41) is 9.20. The average Bonchev–Trinajstić information content (AvgIpc) is 2.86. The lowest BCUT2D eigenvalue weighted by atomic mass is 10.1. The fourth-order valence-corrected chi connectivity index (χ4v) is 2.25. The molecule has 0 aromatic heterocycles. The van der Waals surface area contributed by atoms with E-state index >= 15 is 0 Å². The van der Waals surface area contributed by atoms with E-state index in [1.165, 1.54) is 25.3 Å². The quantitative estimate of drug-likeness (QED) is 0.886. The number of rotatable bonds is 3. The van der Waals surface area contributed by atoms with Crippen molar-refractivity contribution in [2.24, 2.45) is 0 Å². The van der Waals surface area contributed by atoms with E-state index < -0.39 is 5.82 Å². The molecule has 5 heteroatoms. The highest BCUT2D eigenvalue weighted by molar-refractivity contribution is 5.95. The number of hydrogen-bond donors (Lipinski definition) is 1. The standard InChI is InChI=1S/C13H16FNO3/c1-18-12-7-9(4-5-11(12)14)13(17)15-6-2-3-10(15)8-16/h4-5,7,10,16H,2-3,6,8H2,1H3/t10-/m0/s1. The molecule has 1 heterocycles. The van der Waals surface area contributed by atoms with Gasteiger partial charge in [-0.1, -0.05) is 0 Å². The topological polar surface area (TPSA) is 49.8 Å². The van der Waals surface area contributed by atoms with Crippen LogP contribution in [0.1, 0.15) is 23.2 Å². The maximum atomic E-state index is 13.3. The molecule has 4 nitrogen and oxygen atoms in total. The molecule has 1 aromatic carbocycles. The summed E-state index contributed by atoms with van der Waals surface area (Å²) >= 11 is 0. The average molecular weight is 253 g/mol. The first-order valence-electron chi connectivity index (χ1n) is 5.92. The molecule has 0 radical (unpaired) electrons. The Morgan fingerprint density at radius 2 is 2.39 bits per heavy atom. The number of nitrogens with zero attached hydrogens (tertiary/aromatic N) is 1. The molecular formula is C13H16FNO3. The van der Waals surface area contributed by atoms with E-state index in [0.29, 0.717) is 12.1 Å². The van der Waals surface area contributed by atoms with Gasteiger partial charge in [0, 0.05) is 12.1 Å². The molecule has 1 aliphatic heterocycles. The van der Waals surface area contributed by atoms with Crippen molar-refractivity contribution in [2.45, 2.75) is 18.9 Å². The van der Waals surface area contributed by atoms with Crippen molar-refractivity contribution in [3.05, 3.63) is 29.6 Å². The van der Waals surface area contributed by atoms with Crippen LogP contribution < -0.4 is 4.74 Å². The minimum absolute atomic E-state index is 0.0376. The number of benzene rings is 1. The van der Waals surface area contributed by atoms with Gasteiger partial charge in [0.2, 0.25) is 0 Å². The second-order valence-corrected chi connectivity index (χ2v) is 4.33. The van der Waals surface area contributed by atoms with Gasteiger partial charge in [0.15, 0.2) is 11.6 Å². The summed E-state index contributed by atoms with van der Waals surface area (Å²) in [6.07, 6.45) is 1.69. The Labute approximate surface area is 105 Å². The summed E-state index contributed by atoms with van der Waals surface area (Å²) in [6.45, 7) is 0.591. The van der Waals surface area contributed by atoms with Crippen LogP contribution in [0.5, 0.6) is 5.75 Å². The Kier molecular flexibility index (Phi) is 3.81. The lowest BCUT2D eigenvalue weighted by Gasteiger charge is -2.23. The van der Waals surface area contributed by atoms with Crippen LogP contribution in [0, 0.1) is 5.82 Å². The first-order valence-corrected chi connectivity index (χ1v) is 5.92. The van der Waals surface area contributed by atoms with Crippen molar-refractivity contribution in [1.29, 1.82) is 0 Å². The van der Waals surface area contributed by atoms with Gasteiger partial charge in [0.1, 0.15) is 0 Å². The van der Waals surface area contributed by atoms with E-state index in [4.69, 9.17) is 4.74 Å². The molecule has 1 N–H and O–H groups in total. The number of aliphatic hydroxyl groups is 1. The number of amides is 1. The smallest absolute Gasteiger partial charge is 0.254 e. The van der Waals surface area contributed by atoms with Gasteiger partial charge in [-0.25, -0.2) is 4.39 Å². The Morgan fingerprint density at radius 3 is 3.06 bits per heavy atom. The Morgan fingerprint density at radius 1 is 1.61 bits per heavy atom. The third kappa shape index (κ3) is 2.31. The highest BCUT2D eigenvalue weighted by Crippen LogP contribution is 2.23. The van der Waals surface area contributed by atoms with Crippen LogP contribution >= 0.6 is 0 Å². The van der Waals surface area contributed by atoms with E-state index in [9.17, 15) is 14.3 Å². The predicted octanol–water partition coefficient (Wildman–Crippen LogP) is 1.43. The number of carbonyl (C=O) groups is 1. The van der Waals surface area contributed by atoms with Gasteiger partial charge in [-0.15, -0.1) is 0 Å². The molecule has 1 amide bonds. The minimum Gasteiger partial charge on any atom is -0.494 e. The van der Waals surface area contributed by atoms with Crippen LogP contribution in [0.2, 0.25) is 0 Å². The van der Waals surface area contributed by atoms with Crippen LogP contribution in [0.3, 0.4) is 0 Å². The molecule has 0 spiro atoms. The largest absolute Gasteiger partial charge is 0.494 e. The van der Waals surface area contributed by atoms with Crippen LogP contribution in [-0.4, -0.2) is 42.2 Å². The first kappa shape index (κ1) is 12.8. The first-order chi connectivity index (χ1) is 8.67. The summed E-state index contributed by atoms with van der Waals surface area (Å²) in [6, 6.07) is 3.92. The molecule has 0 bridgehead atoms. The van der Waals surface area contributed by atoms with E-state index in [1.54, 1.807) is 4.90 Å². The molecule has 18 heavy (non-hydrogen) atoms. The van der Waals surface area contributed by atoms with Gasteiger partial charge >= 0.3 is 0 Å². The summed E-state index contributed by atoms with van der Waals surface area (Å²) in [7, 11) is 1.36. The molecule has 98 valence electrons. The van der Waals surface area contributed by atoms with Crippen LogP contribution in [0.4, 0.5) is 4.39 Å². The van der Waals surface area contributed by atoms with Crippen LogP contribution in [0.15, 0.2) is 18.2 Å². The second kappa shape index (κ2) is 5.35. The van der Waals surface area contributed by atoms with Crippen molar-refractivity contribution >= 4 is 5.91 Å². The molecule has 2 rings (SSSR count). The molecule has 1 aromatic rings. The maximum absolute atomic E-state index is 13.3. The summed E-state index contributed by atoms with van der Waals surface area (Å²) in [5.41, 5.74) is 0.383. The van der Waals surface area contributed by atoms with Gasteiger partial charge in [-0.2, -0.15) is 0 Å². The van der Waals surface area contributed by atoms with Gasteiger partial charge in [0.05, 0.1) is 19.8 Å².